The Morgan fingerprint density at radius 3 is 1.61 bits per heavy atom. The van der Waals surface area contributed by atoms with Crippen molar-refractivity contribution in [1.29, 1.82) is 0 Å². The normalized spacial score (nSPS) is 14.4. The molecule has 0 saturated carbocycles. The van der Waals surface area contributed by atoms with Gasteiger partial charge in [0.1, 0.15) is 0 Å². The Balaban J connectivity index is 1.03. The molecule has 1 aliphatic rings. The van der Waals surface area contributed by atoms with Crippen molar-refractivity contribution in [2.24, 2.45) is 0 Å². The molecule has 0 aliphatic heterocycles. The maximum atomic E-state index is 5.43. The lowest BCUT2D eigenvalue weighted by Gasteiger charge is -2.28. The molecule has 2 nitrogen and oxygen atoms in total. The number of thiophene rings is 2. The Kier molecular flexibility index (Phi) is 8.42. The molecule has 0 spiro atoms. The highest BCUT2D eigenvalue weighted by Gasteiger charge is 2.40. The molecule has 3 heterocycles. The first-order chi connectivity index (χ1) is 31.6. The van der Waals surface area contributed by atoms with Gasteiger partial charge in [0.15, 0.2) is 5.82 Å². The van der Waals surface area contributed by atoms with Crippen molar-refractivity contribution in [1.82, 2.24) is 9.97 Å². The van der Waals surface area contributed by atoms with E-state index < -0.39 is 0 Å². The minimum absolute atomic E-state index is 0.326. The van der Waals surface area contributed by atoms with Gasteiger partial charge in [-0.1, -0.05) is 158 Å². The predicted octanol–water partition coefficient (Wildman–Crippen LogP) is 16.9. The van der Waals surface area contributed by atoms with E-state index in [0.717, 1.165) is 39.2 Å². The summed E-state index contributed by atoms with van der Waals surface area (Å²) in [6.45, 7) is 2.37. The van der Waals surface area contributed by atoms with Gasteiger partial charge in [0.2, 0.25) is 0 Å². The zero-order chi connectivity index (χ0) is 42.4. The minimum Gasteiger partial charge on any atom is -0.228 e. The van der Waals surface area contributed by atoms with Crippen LogP contribution in [-0.4, -0.2) is 9.97 Å². The molecule has 1 unspecified atom stereocenters. The molecule has 13 rings (SSSR count). The molecule has 9 aromatic carbocycles. The topological polar surface area (TPSA) is 25.8 Å². The van der Waals surface area contributed by atoms with Gasteiger partial charge in [-0.05, 0) is 112 Å². The van der Waals surface area contributed by atoms with Crippen molar-refractivity contribution in [2.45, 2.75) is 12.3 Å². The standard InChI is InChI=1S/C60H38N2S2/c1-60(42-16-6-3-7-17-42)51-21-11-8-18-43(51)44-28-25-41(35-52(44)60)53-36-54(62-59(61-53)37-14-4-2-5-15-37)45-29-24-38(39-26-30-57-49(33-39)46-19-9-12-22-55(46)63-57)32-48(45)40-27-31-58-50(34-40)47-20-10-13-23-56(47)64-58/h2-36H,1H3. The van der Waals surface area contributed by atoms with E-state index in [-0.39, 0.29) is 5.41 Å². The number of hydrogen-bond donors (Lipinski definition) is 0. The lowest BCUT2D eigenvalue weighted by atomic mass is 9.74. The summed E-state index contributed by atoms with van der Waals surface area (Å²) in [5.41, 5.74) is 15.7. The average Bonchev–Trinajstić information content (AvgIpc) is 4.01. The molecule has 0 fully saturated rings. The summed E-state index contributed by atoms with van der Waals surface area (Å²) in [5, 5.41) is 5.16. The van der Waals surface area contributed by atoms with E-state index in [1.54, 1.807) is 0 Å². The van der Waals surface area contributed by atoms with E-state index in [2.05, 4.69) is 213 Å². The van der Waals surface area contributed by atoms with Crippen LogP contribution in [0, 0.1) is 0 Å². The van der Waals surface area contributed by atoms with Crippen LogP contribution in [0.25, 0.3) is 108 Å². The van der Waals surface area contributed by atoms with Gasteiger partial charge in [-0.25, -0.2) is 9.97 Å². The van der Waals surface area contributed by atoms with E-state index in [0.29, 0.717) is 5.82 Å². The maximum absolute atomic E-state index is 5.43. The SMILES string of the molecule is CC1(c2ccccc2)c2ccccc2-c2ccc(-c3cc(-c4ccc(-c5ccc6sc7ccccc7c6c5)cc4-c4ccc5sc6ccccc6c5c4)nc(-c4ccccc4)n3)cc21. The van der Waals surface area contributed by atoms with E-state index in [1.165, 1.54) is 79.3 Å². The highest BCUT2D eigenvalue weighted by atomic mass is 32.1. The van der Waals surface area contributed by atoms with Gasteiger partial charge in [-0.2, -0.15) is 0 Å². The fraction of sp³-hybridized carbons (Fsp3) is 0.0333. The third-order valence-corrected chi connectivity index (χ3v) is 15.7. The third-order valence-electron chi connectivity index (χ3n) is 13.4. The number of benzene rings is 9. The molecule has 0 radical (unpaired) electrons. The molecule has 1 aliphatic carbocycles. The lowest BCUT2D eigenvalue weighted by Crippen LogP contribution is -2.22. The van der Waals surface area contributed by atoms with E-state index >= 15 is 0 Å². The second-order valence-electron chi connectivity index (χ2n) is 17.0. The lowest BCUT2D eigenvalue weighted by molar-refractivity contribution is 0.714. The fourth-order valence-electron chi connectivity index (χ4n) is 10.2. The van der Waals surface area contributed by atoms with Crippen LogP contribution in [-0.2, 0) is 5.41 Å². The molecule has 0 N–H and O–H groups in total. The average molecular weight is 851 g/mol. The summed E-state index contributed by atoms with van der Waals surface area (Å²) in [6, 6.07) is 77.6. The van der Waals surface area contributed by atoms with Crippen molar-refractivity contribution >= 4 is 63.0 Å². The van der Waals surface area contributed by atoms with Crippen LogP contribution < -0.4 is 0 Å². The second kappa shape index (κ2) is 14.5. The smallest absolute Gasteiger partial charge is 0.160 e. The van der Waals surface area contributed by atoms with Gasteiger partial charge < -0.3 is 0 Å². The Bertz CT molecular complexity index is 3810. The molecular formula is C60H38N2S2. The zero-order valence-corrected chi connectivity index (χ0v) is 36.6. The quantitative estimate of drug-likeness (QED) is 0.167. The molecule has 64 heavy (non-hydrogen) atoms. The van der Waals surface area contributed by atoms with Gasteiger partial charge in [0, 0.05) is 62.4 Å². The van der Waals surface area contributed by atoms with Crippen LogP contribution >= 0.6 is 22.7 Å². The third kappa shape index (κ3) is 5.84. The molecule has 4 heteroatoms. The van der Waals surface area contributed by atoms with Crippen LogP contribution in [0.2, 0.25) is 0 Å². The second-order valence-corrected chi connectivity index (χ2v) is 19.2. The van der Waals surface area contributed by atoms with Gasteiger partial charge in [-0.3, -0.25) is 0 Å². The molecule has 3 aromatic heterocycles. The van der Waals surface area contributed by atoms with Gasteiger partial charge in [0.25, 0.3) is 0 Å². The Morgan fingerprint density at radius 1 is 0.328 bits per heavy atom. The number of hydrogen-bond acceptors (Lipinski definition) is 4. The van der Waals surface area contributed by atoms with Crippen LogP contribution in [0.15, 0.2) is 212 Å². The summed E-state index contributed by atoms with van der Waals surface area (Å²) < 4.78 is 5.20. The number of aromatic nitrogens is 2. The van der Waals surface area contributed by atoms with Crippen molar-refractivity contribution in [3.05, 3.63) is 229 Å². The van der Waals surface area contributed by atoms with Crippen molar-refractivity contribution in [3.63, 3.8) is 0 Å². The molecule has 1 atom stereocenters. The van der Waals surface area contributed by atoms with Gasteiger partial charge in [-0.15, -0.1) is 22.7 Å². The highest BCUT2D eigenvalue weighted by Crippen LogP contribution is 2.53. The van der Waals surface area contributed by atoms with Crippen LogP contribution in [0.4, 0.5) is 0 Å². The highest BCUT2D eigenvalue weighted by molar-refractivity contribution is 7.26. The zero-order valence-electron chi connectivity index (χ0n) is 34.9. The summed E-state index contributed by atoms with van der Waals surface area (Å²) >= 11 is 3.71. The summed E-state index contributed by atoms with van der Waals surface area (Å²) in [7, 11) is 0. The molecule has 0 saturated heterocycles. The van der Waals surface area contributed by atoms with Crippen molar-refractivity contribution in [3.8, 4) is 67.3 Å². The minimum atomic E-state index is -0.326. The maximum Gasteiger partial charge on any atom is 0.160 e. The summed E-state index contributed by atoms with van der Waals surface area (Å²) in [5.74, 6) is 0.701. The molecule has 300 valence electrons. The van der Waals surface area contributed by atoms with Gasteiger partial charge in [0.05, 0.1) is 11.4 Å². The van der Waals surface area contributed by atoms with Crippen LogP contribution in [0.3, 0.4) is 0 Å². The fourth-order valence-corrected chi connectivity index (χ4v) is 12.3. The molecular weight excluding hydrogens is 813 g/mol. The summed E-state index contributed by atoms with van der Waals surface area (Å²) in [6.07, 6.45) is 0. The van der Waals surface area contributed by atoms with E-state index in [4.69, 9.17) is 9.97 Å². The van der Waals surface area contributed by atoms with Crippen LogP contribution in [0.5, 0.6) is 0 Å². The molecule has 12 aromatic rings. The van der Waals surface area contributed by atoms with Crippen molar-refractivity contribution in [2.75, 3.05) is 0 Å². The summed E-state index contributed by atoms with van der Waals surface area (Å²) in [4.78, 5) is 10.8. The van der Waals surface area contributed by atoms with E-state index in [9.17, 15) is 0 Å². The monoisotopic (exact) mass is 850 g/mol. The van der Waals surface area contributed by atoms with Crippen LogP contribution in [0.1, 0.15) is 23.6 Å². The molecule has 0 bridgehead atoms. The van der Waals surface area contributed by atoms with Gasteiger partial charge >= 0.3 is 0 Å². The number of nitrogens with zero attached hydrogens (tertiary/aromatic N) is 2. The Labute approximate surface area is 379 Å². The van der Waals surface area contributed by atoms with Crippen molar-refractivity contribution < 1.29 is 0 Å². The number of fused-ring (bicyclic) bond motifs is 9. The Hall–Kier alpha value is -7.50. The first kappa shape index (κ1) is 37.1. The largest absolute Gasteiger partial charge is 0.228 e. The molecule has 0 amide bonds. The first-order valence-corrected chi connectivity index (χ1v) is 23.4. The Morgan fingerprint density at radius 2 is 0.859 bits per heavy atom. The number of rotatable bonds is 6. The first-order valence-electron chi connectivity index (χ1n) is 21.8. The van der Waals surface area contributed by atoms with E-state index in [1.807, 2.05) is 28.7 Å². The predicted molar refractivity (Wildman–Crippen MR) is 272 cm³/mol.